The van der Waals surface area contributed by atoms with E-state index in [0.717, 1.165) is 18.4 Å². The Bertz CT molecular complexity index is 290. The Morgan fingerprint density at radius 2 is 2.00 bits per heavy atom. The van der Waals surface area contributed by atoms with E-state index in [1.165, 1.54) is 51.6 Å². The van der Waals surface area contributed by atoms with Gasteiger partial charge in [-0.1, -0.05) is 12.8 Å². The third-order valence-electron chi connectivity index (χ3n) is 4.67. The van der Waals surface area contributed by atoms with Gasteiger partial charge in [-0.2, -0.15) is 5.26 Å². The predicted octanol–water partition coefficient (Wildman–Crippen LogP) is 3.58. The topological polar surface area (TPSA) is 27.0 Å². The smallest absolute Gasteiger partial charge is 0.0683 e. The molecule has 0 aromatic heterocycles. The molecule has 0 bridgehead atoms. The van der Waals surface area contributed by atoms with Crippen LogP contribution in [0, 0.1) is 22.7 Å². The molecule has 2 aliphatic rings. The zero-order valence-corrected chi connectivity index (χ0v) is 11.4. The Morgan fingerprint density at radius 1 is 1.24 bits per heavy atom. The third kappa shape index (κ3) is 3.22. The maximum Gasteiger partial charge on any atom is 0.0683 e. The monoisotopic (exact) mass is 234 g/mol. The van der Waals surface area contributed by atoms with Crippen molar-refractivity contribution in [1.82, 2.24) is 4.90 Å². The standard InChI is InChI=1S/C15H26N2/c1-15(2,12-16)9-5-10-17-11-8-13-6-3-4-7-14(13)17/h13-14H,3-11H2,1-2H3. The van der Waals surface area contributed by atoms with E-state index in [9.17, 15) is 0 Å². The molecular weight excluding hydrogens is 208 g/mol. The van der Waals surface area contributed by atoms with Gasteiger partial charge in [-0.15, -0.1) is 0 Å². The van der Waals surface area contributed by atoms with Crippen LogP contribution >= 0.6 is 0 Å². The minimum atomic E-state index is -0.133. The molecule has 0 aromatic rings. The fourth-order valence-corrected chi connectivity index (χ4v) is 3.56. The molecule has 0 aromatic carbocycles. The molecule has 96 valence electrons. The van der Waals surface area contributed by atoms with Crippen LogP contribution in [0.4, 0.5) is 0 Å². The van der Waals surface area contributed by atoms with E-state index in [-0.39, 0.29) is 5.41 Å². The highest BCUT2D eigenvalue weighted by molar-refractivity contribution is 4.93. The number of rotatable bonds is 4. The molecule has 2 rings (SSSR count). The van der Waals surface area contributed by atoms with Gasteiger partial charge in [0, 0.05) is 6.04 Å². The van der Waals surface area contributed by atoms with Crippen molar-refractivity contribution in [2.45, 2.75) is 64.8 Å². The largest absolute Gasteiger partial charge is 0.300 e. The van der Waals surface area contributed by atoms with E-state index in [1.54, 1.807) is 0 Å². The summed E-state index contributed by atoms with van der Waals surface area (Å²) in [5.74, 6) is 0.993. The minimum absolute atomic E-state index is 0.133. The Hall–Kier alpha value is -0.550. The zero-order valence-electron chi connectivity index (χ0n) is 11.4. The maximum absolute atomic E-state index is 9.01. The lowest BCUT2D eigenvalue weighted by Gasteiger charge is -2.32. The second-order valence-corrected chi connectivity index (χ2v) is 6.54. The van der Waals surface area contributed by atoms with Crippen LogP contribution in [0.3, 0.4) is 0 Å². The number of hydrogen-bond donors (Lipinski definition) is 0. The van der Waals surface area contributed by atoms with Gasteiger partial charge in [0.15, 0.2) is 0 Å². The molecule has 2 atom stereocenters. The Labute approximate surface area is 106 Å². The van der Waals surface area contributed by atoms with Crippen molar-refractivity contribution in [3.05, 3.63) is 0 Å². The number of fused-ring (bicyclic) bond motifs is 1. The molecule has 2 unspecified atom stereocenters. The van der Waals surface area contributed by atoms with Crippen molar-refractivity contribution in [3.63, 3.8) is 0 Å². The fourth-order valence-electron chi connectivity index (χ4n) is 3.56. The second kappa shape index (κ2) is 5.40. The first kappa shape index (κ1) is 12.9. The average molecular weight is 234 g/mol. The summed E-state index contributed by atoms with van der Waals surface area (Å²) in [5, 5.41) is 9.01. The van der Waals surface area contributed by atoms with Crippen molar-refractivity contribution in [2.24, 2.45) is 11.3 Å². The molecule has 1 aliphatic heterocycles. The average Bonchev–Trinajstić information content (AvgIpc) is 2.73. The highest BCUT2D eigenvalue weighted by Crippen LogP contribution is 2.36. The van der Waals surface area contributed by atoms with Crippen molar-refractivity contribution in [1.29, 1.82) is 5.26 Å². The van der Waals surface area contributed by atoms with E-state index in [1.807, 2.05) is 0 Å². The normalized spacial score (nSPS) is 29.9. The van der Waals surface area contributed by atoms with Gasteiger partial charge >= 0.3 is 0 Å². The number of hydrogen-bond acceptors (Lipinski definition) is 2. The molecule has 1 saturated heterocycles. The van der Waals surface area contributed by atoms with Crippen LogP contribution in [0.5, 0.6) is 0 Å². The van der Waals surface area contributed by atoms with Gasteiger partial charge in [-0.25, -0.2) is 0 Å². The van der Waals surface area contributed by atoms with E-state index in [2.05, 4.69) is 24.8 Å². The first-order valence-corrected chi connectivity index (χ1v) is 7.28. The molecular formula is C15H26N2. The highest BCUT2D eigenvalue weighted by Gasteiger charge is 2.35. The second-order valence-electron chi connectivity index (χ2n) is 6.54. The number of nitrogens with zero attached hydrogens (tertiary/aromatic N) is 2. The molecule has 17 heavy (non-hydrogen) atoms. The number of likely N-dealkylation sites (tertiary alicyclic amines) is 1. The summed E-state index contributed by atoms with van der Waals surface area (Å²) in [7, 11) is 0. The van der Waals surface area contributed by atoms with E-state index in [4.69, 9.17) is 5.26 Å². The van der Waals surface area contributed by atoms with Crippen molar-refractivity contribution in [2.75, 3.05) is 13.1 Å². The molecule has 2 nitrogen and oxygen atoms in total. The molecule has 1 aliphatic carbocycles. The van der Waals surface area contributed by atoms with Gasteiger partial charge in [0.25, 0.3) is 0 Å². The molecule has 0 spiro atoms. The summed E-state index contributed by atoms with van der Waals surface area (Å²) >= 11 is 0. The summed E-state index contributed by atoms with van der Waals surface area (Å²) in [5.41, 5.74) is -0.133. The predicted molar refractivity (Wildman–Crippen MR) is 70.6 cm³/mol. The molecule has 0 N–H and O–H groups in total. The van der Waals surface area contributed by atoms with Gasteiger partial charge in [0.05, 0.1) is 11.5 Å². The van der Waals surface area contributed by atoms with Gasteiger partial charge in [0.2, 0.25) is 0 Å². The van der Waals surface area contributed by atoms with Crippen LogP contribution in [-0.4, -0.2) is 24.0 Å². The molecule has 2 heteroatoms. The molecule has 1 saturated carbocycles. The van der Waals surface area contributed by atoms with Crippen molar-refractivity contribution in [3.8, 4) is 6.07 Å². The Balaban J connectivity index is 1.75. The molecule has 0 radical (unpaired) electrons. The lowest BCUT2D eigenvalue weighted by molar-refractivity contribution is 0.176. The summed E-state index contributed by atoms with van der Waals surface area (Å²) in [4.78, 5) is 2.71. The lowest BCUT2D eigenvalue weighted by Crippen LogP contribution is -2.35. The fraction of sp³-hybridized carbons (Fsp3) is 0.933. The van der Waals surface area contributed by atoms with Gasteiger partial charge in [-0.05, 0) is 65.0 Å². The van der Waals surface area contributed by atoms with Crippen molar-refractivity contribution < 1.29 is 0 Å². The van der Waals surface area contributed by atoms with Crippen LogP contribution in [0.15, 0.2) is 0 Å². The van der Waals surface area contributed by atoms with Crippen molar-refractivity contribution >= 4 is 0 Å². The van der Waals surface area contributed by atoms with Crippen LogP contribution in [-0.2, 0) is 0 Å². The van der Waals surface area contributed by atoms with E-state index >= 15 is 0 Å². The van der Waals surface area contributed by atoms with Crippen LogP contribution < -0.4 is 0 Å². The summed E-state index contributed by atoms with van der Waals surface area (Å²) in [6.07, 6.45) is 9.42. The van der Waals surface area contributed by atoms with Gasteiger partial charge < -0.3 is 4.90 Å². The van der Waals surface area contributed by atoms with Crippen LogP contribution in [0.25, 0.3) is 0 Å². The summed E-state index contributed by atoms with van der Waals surface area (Å²) in [6, 6.07) is 3.29. The molecule has 0 amide bonds. The maximum atomic E-state index is 9.01. The zero-order chi connectivity index (χ0) is 12.3. The first-order chi connectivity index (χ1) is 8.12. The van der Waals surface area contributed by atoms with Crippen LogP contribution in [0.2, 0.25) is 0 Å². The number of nitriles is 1. The van der Waals surface area contributed by atoms with Gasteiger partial charge in [0.1, 0.15) is 0 Å². The molecule has 1 heterocycles. The minimum Gasteiger partial charge on any atom is -0.300 e. The highest BCUT2D eigenvalue weighted by atomic mass is 15.2. The third-order valence-corrected chi connectivity index (χ3v) is 4.67. The lowest BCUT2D eigenvalue weighted by atomic mass is 9.85. The Morgan fingerprint density at radius 3 is 2.76 bits per heavy atom. The summed E-state index contributed by atoms with van der Waals surface area (Å²) < 4.78 is 0. The quantitative estimate of drug-likeness (QED) is 0.743. The SMILES string of the molecule is CC(C)(C#N)CCCN1CCC2CCCCC21. The Kier molecular flexibility index (Phi) is 4.09. The van der Waals surface area contributed by atoms with Crippen LogP contribution in [0.1, 0.15) is 58.8 Å². The van der Waals surface area contributed by atoms with E-state index < -0.39 is 0 Å². The summed E-state index contributed by atoms with van der Waals surface area (Å²) in [6.45, 7) is 6.63. The molecule has 2 fully saturated rings. The first-order valence-electron chi connectivity index (χ1n) is 7.28. The van der Waals surface area contributed by atoms with Gasteiger partial charge in [-0.3, -0.25) is 0 Å². The van der Waals surface area contributed by atoms with E-state index in [0.29, 0.717) is 0 Å².